The second-order valence-corrected chi connectivity index (χ2v) is 8.48. The van der Waals surface area contributed by atoms with Crippen LogP contribution in [-0.4, -0.2) is 25.1 Å². The van der Waals surface area contributed by atoms with E-state index in [2.05, 4.69) is 10.5 Å². The maximum atomic E-state index is 12.7. The minimum absolute atomic E-state index is 0.0552. The van der Waals surface area contributed by atoms with Crippen molar-refractivity contribution in [2.24, 2.45) is 5.10 Å². The van der Waals surface area contributed by atoms with Gasteiger partial charge in [0, 0.05) is 11.8 Å². The summed E-state index contributed by atoms with van der Waals surface area (Å²) in [7, 11) is -4.68. The monoisotopic (exact) mass is 434 g/mol. The van der Waals surface area contributed by atoms with E-state index in [9.17, 15) is 22.0 Å². The number of hydrogen-bond donors (Lipinski definition) is 1. The number of alkyl halides is 2. The first kappa shape index (κ1) is 20.5. The van der Waals surface area contributed by atoms with Crippen molar-refractivity contribution < 1.29 is 22.0 Å². The molecule has 1 saturated heterocycles. The summed E-state index contributed by atoms with van der Waals surface area (Å²) >= 11 is 0.984. The number of benzene rings is 2. The Morgan fingerprint density at radius 1 is 1.14 bits per heavy atom. The van der Waals surface area contributed by atoms with Crippen molar-refractivity contribution in [3.63, 3.8) is 0 Å². The molecule has 0 spiro atoms. The molecule has 0 atom stereocenters. The molecule has 148 valence electrons. The Bertz CT molecular complexity index is 1130. The number of sulfone groups is 1. The highest BCUT2D eigenvalue weighted by atomic mass is 32.2. The molecule has 2 aromatic carbocycles. The Morgan fingerprint density at radius 3 is 2.38 bits per heavy atom. The van der Waals surface area contributed by atoms with Crippen LogP contribution < -0.4 is 10.3 Å². The summed E-state index contributed by atoms with van der Waals surface area (Å²) in [5, 5.41) is 13.4. The van der Waals surface area contributed by atoms with Crippen LogP contribution in [0, 0.1) is 11.3 Å². The zero-order valence-electron chi connectivity index (χ0n) is 14.5. The summed E-state index contributed by atoms with van der Waals surface area (Å²) in [6.07, 6.45) is 1.22. The summed E-state index contributed by atoms with van der Waals surface area (Å²) in [6.45, 7) is 0. The van der Waals surface area contributed by atoms with Crippen LogP contribution in [0.4, 0.5) is 20.2 Å². The van der Waals surface area contributed by atoms with Crippen molar-refractivity contribution in [1.29, 1.82) is 5.26 Å². The molecular weight excluding hydrogens is 422 g/mol. The second-order valence-electron chi connectivity index (χ2n) is 5.55. The third kappa shape index (κ3) is 4.28. The molecule has 7 nitrogen and oxygen atoms in total. The number of nitriles is 1. The molecule has 2 aromatic rings. The number of thioether (sulfide) groups is 1. The Kier molecular flexibility index (Phi) is 5.95. The number of nitrogens with one attached hydrogen (secondary N) is 1. The second kappa shape index (κ2) is 8.42. The third-order valence-corrected chi connectivity index (χ3v) is 6.08. The van der Waals surface area contributed by atoms with E-state index in [1.807, 2.05) is 6.07 Å². The highest BCUT2D eigenvalue weighted by Gasteiger charge is 2.35. The lowest BCUT2D eigenvalue weighted by atomic mass is 10.3. The highest BCUT2D eigenvalue weighted by molar-refractivity contribution is 8.20. The van der Waals surface area contributed by atoms with Gasteiger partial charge >= 0.3 is 5.76 Å². The standard InChI is InChI=1S/C18H12F2N4O3S2/c19-18(20)29(26,27)14-8-6-12(7-9-14)22-23-16-17(25)24(15(28-16)10-11-21)13-4-2-1-3-5-13/h1-10,18,22H. The van der Waals surface area contributed by atoms with Crippen LogP contribution in [0.25, 0.3) is 0 Å². The minimum Gasteiger partial charge on any atom is -0.277 e. The molecule has 0 aliphatic carbocycles. The van der Waals surface area contributed by atoms with E-state index >= 15 is 0 Å². The lowest BCUT2D eigenvalue weighted by Crippen LogP contribution is -2.26. The van der Waals surface area contributed by atoms with Gasteiger partial charge in [0.05, 0.1) is 21.7 Å². The van der Waals surface area contributed by atoms with E-state index in [1.165, 1.54) is 23.1 Å². The first-order chi connectivity index (χ1) is 13.8. The van der Waals surface area contributed by atoms with Gasteiger partial charge in [-0.1, -0.05) is 18.2 Å². The van der Waals surface area contributed by atoms with Crippen LogP contribution in [0.3, 0.4) is 0 Å². The van der Waals surface area contributed by atoms with E-state index in [0.717, 1.165) is 23.9 Å². The molecule has 0 saturated carbocycles. The van der Waals surface area contributed by atoms with Crippen molar-refractivity contribution in [2.75, 3.05) is 10.3 Å². The molecule has 1 aliphatic heterocycles. The van der Waals surface area contributed by atoms with Crippen LogP contribution in [0.2, 0.25) is 0 Å². The summed E-state index contributed by atoms with van der Waals surface area (Å²) in [5.41, 5.74) is 3.45. The van der Waals surface area contributed by atoms with Crippen LogP contribution in [0.15, 0.2) is 75.7 Å². The lowest BCUT2D eigenvalue weighted by Gasteiger charge is -2.15. The zero-order chi connectivity index (χ0) is 21.0. The molecule has 1 fully saturated rings. The Balaban J connectivity index is 1.82. The maximum Gasteiger partial charge on any atom is 0.341 e. The number of anilines is 2. The smallest absolute Gasteiger partial charge is 0.277 e. The molecule has 1 N–H and O–H groups in total. The quantitative estimate of drug-likeness (QED) is 0.570. The molecule has 1 amide bonds. The molecule has 0 aromatic heterocycles. The topological polar surface area (TPSA) is 103 Å². The maximum absolute atomic E-state index is 12.7. The number of carbonyl (C=O) groups is 1. The molecule has 1 heterocycles. The first-order valence-electron chi connectivity index (χ1n) is 7.97. The van der Waals surface area contributed by atoms with Crippen LogP contribution >= 0.6 is 11.8 Å². The number of nitrogens with zero attached hydrogens (tertiary/aromatic N) is 3. The molecule has 0 radical (unpaired) electrons. The first-order valence-corrected chi connectivity index (χ1v) is 10.3. The van der Waals surface area contributed by atoms with Crippen molar-refractivity contribution >= 4 is 43.9 Å². The molecule has 29 heavy (non-hydrogen) atoms. The molecule has 0 bridgehead atoms. The number of rotatable bonds is 5. The number of halogens is 2. The number of hydrogen-bond acceptors (Lipinski definition) is 7. The normalized spacial score (nSPS) is 17.2. The van der Waals surface area contributed by atoms with Crippen LogP contribution in [0.1, 0.15) is 0 Å². The Hall–Kier alpha value is -3.23. The van der Waals surface area contributed by atoms with E-state index < -0.39 is 26.4 Å². The van der Waals surface area contributed by atoms with Crippen molar-refractivity contribution in [3.8, 4) is 6.07 Å². The van der Waals surface area contributed by atoms with E-state index in [4.69, 9.17) is 5.26 Å². The largest absolute Gasteiger partial charge is 0.341 e. The van der Waals surface area contributed by atoms with Crippen molar-refractivity contribution in [2.45, 2.75) is 10.7 Å². The predicted octanol–water partition coefficient (Wildman–Crippen LogP) is 3.55. The number of carbonyl (C=O) groups excluding carboxylic acids is 1. The van der Waals surface area contributed by atoms with Crippen LogP contribution in [-0.2, 0) is 14.6 Å². The van der Waals surface area contributed by atoms with Gasteiger partial charge in [0.25, 0.3) is 5.91 Å². The average molecular weight is 434 g/mol. The van der Waals surface area contributed by atoms with Gasteiger partial charge in [-0.3, -0.25) is 15.1 Å². The lowest BCUT2D eigenvalue weighted by molar-refractivity contribution is -0.111. The third-order valence-electron chi connectivity index (χ3n) is 3.71. The van der Waals surface area contributed by atoms with Crippen molar-refractivity contribution in [3.05, 3.63) is 65.7 Å². The predicted molar refractivity (Wildman–Crippen MR) is 106 cm³/mol. The number of allylic oxidation sites excluding steroid dienone is 1. The summed E-state index contributed by atoms with van der Waals surface area (Å²) in [5.74, 6) is -3.96. The van der Waals surface area contributed by atoms with Crippen molar-refractivity contribution in [1.82, 2.24) is 0 Å². The summed E-state index contributed by atoms with van der Waals surface area (Å²) in [6, 6.07) is 15.1. The fourth-order valence-corrected chi connectivity index (χ4v) is 3.94. The van der Waals surface area contributed by atoms with Gasteiger partial charge in [-0.2, -0.15) is 19.1 Å². The van der Waals surface area contributed by atoms with E-state index in [1.54, 1.807) is 30.3 Å². The fourth-order valence-electron chi connectivity index (χ4n) is 2.36. The molecule has 1 aliphatic rings. The Labute approximate surface area is 169 Å². The Morgan fingerprint density at radius 2 is 1.79 bits per heavy atom. The summed E-state index contributed by atoms with van der Waals surface area (Å²) < 4.78 is 48.0. The van der Waals surface area contributed by atoms with Gasteiger partial charge in [-0.15, -0.1) is 0 Å². The SMILES string of the molecule is N#CC=C1SC(=NNc2ccc(S(=O)(=O)C(F)F)cc2)C(=O)N1c1ccccc1. The number of hydrazone groups is 1. The minimum atomic E-state index is -4.68. The van der Waals surface area contributed by atoms with Crippen LogP contribution in [0.5, 0.6) is 0 Å². The molecule has 11 heteroatoms. The van der Waals surface area contributed by atoms with Gasteiger partial charge in [-0.25, -0.2) is 8.42 Å². The number of amides is 1. The van der Waals surface area contributed by atoms with E-state index in [0.29, 0.717) is 16.4 Å². The molecular formula is C18H12F2N4O3S2. The average Bonchev–Trinajstić information content (AvgIpc) is 3.02. The molecule has 0 unspecified atom stereocenters. The van der Waals surface area contributed by atoms with Gasteiger partial charge in [0.2, 0.25) is 9.84 Å². The van der Waals surface area contributed by atoms with Gasteiger partial charge in [0.1, 0.15) is 0 Å². The molecule has 3 rings (SSSR count). The van der Waals surface area contributed by atoms with Gasteiger partial charge in [0.15, 0.2) is 5.04 Å². The summed E-state index contributed by atoms with van der Waals surface area (Å²) in [4.78, 5) is 13.5. The fraction of sp³-hybridized carbons (Fsp3) is 0.0556. The highest BCUT2D eigenvalue weighted by Crippen LogP contribution is 2.35. The van der Waals surface area contributed by atoms with Gasteiger partial charge < -0.3 is 0 Å². The van der Waals surface area contributed by atoms with E-state index in [-0.39, 0.29) is 5.04 Å². The number of para-hydroxylation sites is 1. The zero-order valence-corrected chi connectivity index (χ0v) is 16.1. The van der Waals surface area contributed by atoms with Gasteiger partial charge in [-0.05, 0) is 48.2 Å².